The van der Waals surface area contributed by atoms with Gasteiger partial charge in [-0.2, -0.15) is 0 Å². The van der Waals surface area contributed by atoms with Crippen LogP contribution in [0.5, 0.6) is 0 Å². The second kappa shape index (κ2) is 10.1. The van der Waals surface area contributed by atoms with Gasteiger partial charge in [-0.15, -0.1) is 6.58 Å². The molecule has 0 aliphatic carbocycles. The van der Waals surface area contributed by atoms with Gasteiger partial charge >= 0.3 is 6.09 Å². The molecule has 0 saturated carbocycles. The van der Waals surface area contributed by atoms with E-state index in [1.54, 1.807) is 4.90 Å². The summed E-state index contributed by atoms with van der Waals surface area (Å²) in [5.74, 6) is 0.0363. The van der Waals surface area contributed by atoms with E-state index in [-0.39, 0.29) is 18.6 Å². The van der Waals surface area contributed by atoms with Gasteiger partial charge in [0, 0.05) is 19.0 Å². The number of amides is 1. The number of carbonyl (C=O) groups excluding carboxylic acids is 1. The Hall–Kier alpha value is -3.33. The van der Waals surface area contributed by atoms with Crippen LogP contribution >= 0.6 is 0 Å². The van der Waals surface area contributed by atoms with Crippen molar-refractivity contribution in [1.29, 1.82) is 0 Å². The quantitative estimate of drug-likeness (QED) is 0.469. The maximum absolute atomic E-state index is 12.9. The van der Waals surface area contributed by atoms with Crippen molar-refractivity contribution in [2.24, 2.45) is 0 Å². The number of carbonyl (C=O) groups is 1. The number of benzene rings is 3. The van der Waals surface area contributed by atoms with Crippen LogP contribution in [0.4, 0.5) is 4.79 Å². The first-order chi connectivity index (χ1) is 13.8. The van der Waals surface area contributed by atoms with Crippen molar-refractivity contribution in [2.75, 3.05) is 6.54 Å². The Morgan fingerprint density at radius 1 is 0.857 bits per heavy atom. The molecule has 3 heteroatoms. The Balaban J connectivity index is 1.73. The fourth-order valence-electron chi connectivity index (χ4n) is 3.07. The second-order valence-electron chi connectivity index (χ2n) is 6.66. The maximum atomic E-state index is 12.9. The van der Waals surface area contributed by atoms with Crippen molar-refractivity contribution in [1.82, 2.24) is 4.90 Å². The van der Waals surface area contributed by atoms with Gasteiger partial charge in [-0.3, -0.25) is 0 Å². The van der Waals surface area contributed by atoms with Crippen molar-refractivity contribution < 1.29 is 9.53 Å². The summed E-state index contributed by atoms with van der Waals surface area (Å²) >= 11 is 0. The maximum Gasteiger partial charge on any atom is 0.410 e. The Morgan fingerprint density at radius 2 is 1.39 bits per heavy atom. The smallest absolute Gasteiger partial charge is 0.410 e. The molecule has 0 saturated heterocycles. The topological polar surface area (TPSA) is 29.5 Å². The molecule has 28 heavy (non-hydrogen) atoms. The average Bonchev–Trinajstić information content (AvgIpc) is 2.77. The fraction of sp³-hybridized carbons (Fsp3) is 0.160. The molecular weight excluding hydrogens is 346 g/mol. The molecule has 1 atom stereocenters. The molecule has 0 aliphatic heterocycles. The summed E-state index contributed by atoms with van der Waals surface area (Å²) in [5.41, 5.74) is 3.17. The van der Waals surface area contributed by atoms with Crippen LogP contribution in [0.3, 0.4) is 0 Å². The summed E-state index contributed by atoms with van der Waals surface area (Å²) in [6.45, 7) is 5.23. The van der Waals surface area contributed by atoms with E-state index >= 15 is 0 Å². The summed E-state index contributed by atoms with van der Waals surface area (Å²) in [4.78, 5) is 14.6. The molecule has 0 N–H and O–H groups in total. The molecular formula is C25H25NO2. The van der Waals surface area contributed by atoms with Gasteiger partial charge < -0.3 is 9.64 Å². The zero-order valence-electron chi connectivity index (χ0n) is 15.9. The number of rotatable bonds is 8. The largest absolute Gasteiger partial charge is 0.445 e. The van der Waals surface area contributed by atoms with Gasteiger partial charge in [0.25, 0.3) is 0 Å². The zero-order chi connectivity index (χ0) is 19.6. The predicted molar refractivity (Wildman–Crippen MR) is 113 cm³/mol. The minimum absolute atomic E-state index is 0.0363. The van der Waals surface area contributed by atoms with E-state index in [9.17, 15) is 4.79 Å². The normalized spacial score (nSPS) is 11.4. The van der Waals surface area contributed by atoms with E-state index in [4.69, 9.17) is 4.74 Å². The van der Waals surface area contributed by atoms with Gasteiger partial charge in [0.1, 0.15) is 6.61 Å². The summed E-state index contributed by atoms with van der Waals surface area (Å²) < 4.78 is 5.60. The van der Waals surface area contributed by atoms with E-state index < -0.39 is 0 Å². The molecule has 142 valence electrons. The molecule has 0 heterocycles. The van der Waals surface area contributed by atoms with Gasteiger partial charge in [0.15, 0.2) is 0 Å². The molecule has 0 fully saturated rings. The highest BCUT2D eigenvalue weighted by atomic mass is 16.6. The summed E-state index contributed by atoms with van der Waals surface area (Å²) in [5, 5.41) is 0. The molecule has 3 aromatic rings. The molecule has 3 aromatic carbocycles. The Bertz CT molecular complexity index is 863. The van der Waals surface area contributed by atoms with Crippen LogP contribution in [-0.2, 0) is 17.9 Å². The van der Waals surface area contributed by atoms with Gasteiger partial charge in [-0.1, -0.05) is 97.1 Å². The van der Waals surface area contributed by atoms with Gasteiger partial charge in [0.2, 0.25) is 0 Å². The molecule has 0 aromatic heterocycles. The number of ether oxygens (including phenoxy) is 1. The lowest BCUT2D eigenvalue weighted by Gasteiger charge is -2.26. The first-order valence-electron chi connectivity index (χ1n) is 9.43. The molecule has 0 radical (unpaired) electrons. The lowest BCUT2D eigenvalue weighted by atomic mass is 9.98. The molecule has 0 aliphatic rings. The zero-order valence-corrected chi connectivity index (χ0v) is 15.9. The lowest BCUT2D eigenvalue weighted by Crippen LogP contribution is -2.34. The third-order valence-corrected chi connectivity index (χ3v) is 4.61. The van der Waals surface area contributed by atoms with E-state index in [2.05, 4.69) is 18.7 Å². The Morgan fingerprint density at radius 3 is 1.96 bits per heavy atom. The van der Waals surface area contributed by atoms with E-state index in [1.165, 1.54) is 0 Å². The number of hydrogen-bond acceptors (Lipinski definition) is 2. The number of nitrogens with zero attached hydrogens (tertiary/aromatic N) is 1. The Labute approximate surface area is 166 Å². The van der Waals surface area contributed by atoms with Crippen LogP contribution in [0.1, 0.15) is 22.6 Å². The van der Waals surface area contributed by atoms with Crippen molar-refractivity contribution in [2.45, 2.75) is 19.1 Å². The van der Waals surface area contributed by atoms with E-state index in [0.717, 1.165) is 16.7 Å². The van der Waals surface area contributed by atoms with Crippen LogP contribution in [0, 0.1) is 0 Å². The van der Waals surface area contributed by atoms with Gasteiger partial charge in [-0.05, 0) is 16.7 Å². The van der Waals surface area contributed by atoms with Crippen molar-refractivity contribution >= 4 is 6.09 Å². The van der Waals surface area contributed by atoms with Crippen LogP contribution < -0.4 is 0 Å². The highest BCUT2D eigenvalue weighted by Crippen LogP contribution is 2.20. The first kappa shape index (κ1) is 19.4. The van der Waals surface area contributed by atoms with E-state index in [0.29, 0.717) is 13.1 Å². The summed E-state index contributed by atoms with van der Waals surface area (Å²) in [6.07, 6.45) is 1.56. The Kier molecular flexibility index (Phi) is 7.02. The first-order valence-corrected chi connectivity index (χ1v) is 9.43. The van der Waals surface area contributed by atoms with Crippen molar-refractivity contribution in [3.8, 4) is 0 Å². The van der Waals surface area contributed by atoms with Crippen molar-refractivity contribution in [3.05, 3.63) is 120 Å². The third kappa shape index (κ3) is 5.58. The van der Waals surface area contributed by atoms with E-state index in [1.807, 2.05) is 84.9 Å². The van der Waals surface area contributed by atoms with Crippen LogP contribution in [-0.4, -0.2) is 17.5 Å². The standard InChI is InChI=1S/C25H25NO2/c1-2-23(24-16-10-5-11-17-24)19-26(18-21-12-6-3-7-13-21)25(27)28-20-22-14-8-4-9-15-22/h2-17,23H,1,18-20H2/t23-/m1/s1. The van der Waals surface area contributed by atoms with Crippen molar-refractivity contribution in [3.63, 3.8) is 0 Å². The summed E-state index contributed by atoms with van der Waals surface area (Å²) in [6, 6.07) is 29.8. The van der Waals surface area contributed by atoms with Crippen LogP contribution in [0.25, 0.3) is 0 Å². The minimum atomic E-state index is -0.324. The van der Waals surface area contributed by atoms with Gasteiger partial charge in [-0.25, -0.2) is 4.79 Å². The summed E-state index contributed by atoms with van der Waals surface area (Å²) in [7, 11) is 0. The molecule has 0 bridgehead atoms. The van der Waals surface area contributed by atoms with Crippen LogP contribution in [0.2, 0.25) is 0 Å². The average molecular weight is 371 g/mol. The minimum Gasteiger partial charge on any atom is -0.445 e. The number of hydrogen-bond donors (Lipinski definition) is 0. The third-order valence-electron chi connectivity index (χ3n) is 4.61. The molecule has 3 nitrogen and oxygen atoms in total. The molecule has 0 spiro atoms. The molecule has 0 unspecified atom stereocenters. The highest BCUT2D eigenvalue weighted by molar-refractivity contribution is 5.68. The van der Waals surface area contributed by atoms with Gasteiger partial charge in [0.05, 0.1) is 0 Å². The molecule has 3 rings (SSSR count). The molecule has 1 amide bonds. The predicted octanol–water partition coefficient (Wildman–Crippen LogP) is 5.80. The second-order valence-corrected chi connectivity index (χ2v) is 6.66. The lowest BCUT2D eigenvalue weighted by molar-refractivity contribution is 0.0927. The fourth-order valence-corrected chi connectivity index (χ4v) is 3.07. The monoisotopic (exact) mass is 371 g/mol. The van der Waals surface area contributed by atoms with Crippen LogP contribution in [0.15, 0.2) is 104 Å². The highest BCUT2D eigenvalue weighted by Gasteiger charge is 2.20. The SMILES string of the molecule is C=C[C@H](CN(Cc1ccccc1)C(=O)OCc1ccccc1)c1ccccc1.